The van der Waals surface area contributed by atoms with Crippen LogP contribution in [0.4, 0.5) is 0 Å². The van der Waals surface area contributed by atoms with Gasteiger partial charge in [-0.15, -0.1) is 0 Å². The van der Waals surface area contributed by atoms with Crippen molar-refractivity contribution in [3.8, 4) is 0 Å². The fourth-order valence-corrected chi connectivity index (χ4v) is 4.84. The van der Waals surface area contributed by atoms with Crippen LogP contribution in [0.3, 0.4) is 0 Å². The summed E-state index contributed by atoms with van der Waals surface area (Å²) in [6, 6.07) is 4.94. The van der Waals surface area contributed by atoms with Gasteiger partial charge in [0.2, 0.25) is 20.0 Å². The highest BCUT2D eigenvalue weighted by Gasteiger charge is 2.31. The maximum atomic E-state index is 12.7. The molecule has 0 radical (unpaired) electrons. The fraction of sp³-hybridized carbons (Fsp3) is 0.500. The Morgan fingerprint density at radius 3 is 2.10 bits per heavy atom. The van der Waals surface area contributed by atoms with Crippen molar-refractivity contribution in [1.82, 2.24) is 4.31 Å². The third-order valence-corrected chi connectivity index (χ3v) is 6.07. The molecule has 0 aromatic heterocycles. The maximum Gasteiger partial charge on any atom is 0.244 e. The van der Waals surface area contributed by atoms with E-state index in [1.807, 2.05) is 0 Å². The zero-order valence-corrected chi connectivity index (χ0v) is 13.8. The molecule has 9 heteroatoms. The lowest BCUT2D eigenvalue weighted by atomic mass is 10.4. The second-order valence-corrected chi connectivity index (χ2v) is 8.08. The molecule has 120 valence electrons. The second-order valence-electron chi connectivity index (χ2n) is 4.69. The molecule has 1 rings (SSSR count). The van der Waals surface area contributed by atoms with Crippen LogP contribution in [0.5, 0.6) is 0 Å². The molecule has 0 atom stereocenters. The minimum Gasteiger partial charge on any atom is -0.383 e. The first kappa shape index (κ1) is 18.1. The Balaban J connectivity index is 3.43. The van der Waals surface area contributed by atoms with Gasteiger partial charge in [-0.3, -0.25) is 0 Å². The van der Waals surface area contributed by atoms with Crippen molar-refractivity contribution in [2.75, 3.05) is 20.3 Å². The van der Waals surface area contributed by atoms with E-state index in [9.17, 15) is 16.8 Å². The summed E-state index contributed by atoms with van der Waals surface area (Å²) in [6.07, 6.45) is 0. The van der Waals surface area contributed by atoms with Gasteiger partial charge in [0.05, 0.1) is 6.61 Å². The Kier molecular flexibility index (Phi) is 5.88. The van der Waals surface area contributed by atoms with Gasteiger partial charge < -0.3 is 4.74 Å². The molecule has 0 amide bonds. The first-order chi connectivity index (χ1) is 9.62. The van der Waals surface area contributed by atoms with Crippen molar-refractivity contribution in [3.63, 3.8) is 0 Å². The van der Waals surface area contributed by atoms with Gasteiger partial charge in [-0.1, -0.05) is 12.1 Å². The molecule has 1 aromatic rings. The summed E-state index contributed by atoms with van der Waals surface area (Å²) in [5, 5.41) is 5.10. The topological polar surface area (TPSA) is 107 Å². The Morgan fingerprint density at radius 2 is 1.67 bits per heavy atom. The predicted octanol–water partition coefficient (Wildman–Crippen LogP) is 0.380. The number of sulfonamides is 2. The normalized spacial score (nSPS) is 13.0. The van der Waals surface area contributed by atoms with Crippen molar-refractivity contribution < 1.29 is 21.6 Å². The molecule has 0 aliphatic rings. The molecule has 7 nitrogen and oxygen atoms in total. The van der Waals surface area contributed by atoms with E-state index >= 15 is 0 Å². The number of ether oxygens (including phenoxy) is 1. The summed E-state index contributed by atoms with van der Waals surface area (Å²) in [5.74, 6) is 0. The van der Waals surface area contributed by atoms with Crippen molar-refractivity contribution in [1.29, 1.82) is 0 Å². The zero-order chi connectivity index (χ0) is 16.3. The smallest absolute Gasteiger partial charge is 0.244 e. The number of benzene rings is 1. The highest BCUT2D eigenvalue weighted by molar-refractivity contribution is 7.92. The Hall–Kier alpha value is -1.00. The van der Waals surface area contributed by atoms with E-state index in [2.05, 4.69) is 0 Å². The molecule has 0 bridgehead atoms. The van der Waals surface area contributed by atoms with E-state index in [-0.39, 0.29) is 24.1 Å². The summed E-state index contributed by atoms with van der Waals surface area (Å²) >= 11 is 0. The molecule has 0 fully saturated rings. The third kappa shape index (κ3) is 4.24. The van der Waals surface area contributed by atoms with Gasteiger partial charge in [0.15, 0.2) is 0 Å². The lowest BCUT2D eigenvalue weighted by Crippen LogP contribution is -2.39. The van der Waals surface area contributed by atoms with Crippen LogP contribution >= 0.6 is 0 Å². The minimum atomic E-state index is -4.13. The van der Waals surface area contributed by atoms with Gasteiger partial charge in [0.25, 0.3) is 0 Å². The molecular weight excluding hydrogens is 316 g/mol. The fourth-order valence-electron chi connectivity index (χ4n) is 1.86. The van der Waals surface area contributed by atoms with Gasteiger partial charge in [-0.25, -0.2) is 22.0 Å². The Bertz CT molecular complexity index is 683. The van der Waals surface area contributed by atoms with Gasteiger partial charge in [-0.05, 0) is 26.0 Å². The molecule has 0 saturated heterocycles. The molecule has 0 unspecified atom stereocenters. The van der Waals surface area contributed by atoms with Crippen LogP contribution in [0.15, 0.2) is 34.1 Å². The second kappa shape index (κ2) is 6.84. The maximum absolute atomic E-state index is 12.7. The van der Waals surface area contributed by atoms with Crippen molar-refractivity contribution in [2.24, 2.45) is 5.14 Å². The molecule has 1 aromatic carbocycles. The van der Waals surface area contributed by atoms with Gasteiger partial charge in [0, 0.05) is 19.7 Å². The summed E-state index contributed by atoms with van der Waals surface area (Å²) in [4.78, 5) is -0.731. The number of primary sulfonamides is 1. The molecule has 0 heterocycles. The Morgan fingerprint density at radius 1 is 1.14 bits per heavy atom. The van der Waals surface area contributed by atoms with E-state index in [0.717, 1.165) is 0 Å². The van der Waals surface area contributed by atoms with Crippen LogP contribution in [0, 0.1) is 0 Å². The van der Waals surface area contributed by atoms with Gasteiger partial charge in [-0.2, -0.15) is 4.31 Å². The average molecular weight is 336 g/mol. The van der Waals surface area contributed by atoms with Crippen molar-refractivity contribution in [3.05, 3.63) is 24.3 Å². The standard InChI is InChI=1S/C12H20N2O5S2/c1-10(2)14(8-9-19-3)21(17,18)12-7-5-4-6-11(12)20(13,15)16/h4-7,10H,8-9H2,1-3H3,(H2,13,15,16). The Labute approximate surface area is 125 Å². The molecule has 0 saturated carbocycles. The third-order valence-electron chi connectivity index (χ3n) is 2.83. The van der Waals surface area contributed by atoms with E-state index in [1.54, 1.807) is 13.8 Å². The number of nitrogens with two attached hydrogens (primary N) is 1. The van der Waals surface area contributed by atoms with E-state index < -0.39 is 24.9 Å². The SMILES string of the molecule is COCCN(C(C)C)S(=O)(=O)c1ccccc1S(N)(=O)=O. The molecule has 0 aliphatic heterocycles. The highest BCUT2D eigenvalue weighted by atomic mass is 32.2. The summed E-state index contributed by atoms with van der Waals surface area (Å²) < 4.78 is 54.6. The van der Waals surface area contributed by atoms with E-state index in [0.29, 0.717) is 0 Å². The van der Waals surface area contributed by atoms with Crippen LogP contribution in [0.25, 0.3) is 0 Å². The first-order valence-corrected chi connectivity index (χ1v) is 9.23. The van der Waals surface area contributed by atoms with E-state index in [1.165, 1.54) is 35.7 Å². The first-order valence-electron chi connectivity index (χ1n) is 6.25. The number of methoxy groups -OCH3 is 1. The minimum absolute atomic E-state index is 0.120. The summed E-state index contributed by atoms with van der Waals surface area (Å²) in [5.41, 5.74) is 0. The average Bonchev–Trinajstić information content (AvgIpc) is 2.37. The van der Waals surface area contributed by atoms with Crippen LogP contribution in [-0.2, 0) is 24.8 Å². The number of rotatable bonds is 7. The zero-order valence-electron chi connectivity index (χ0n) is 12.2. The quantitative estimate of drug-likeness (QED) is 0.774. The molecule has 2 N–H and O–H groups in total. The lowest BCUT2D eigenvalue weighted by molar-refractivity contribution is 0.171. The van der Waals surface area contributed by atoms with Crippen molar-refractivity contribution >= 4 is 20.0 Å². The lowest BCUT2D eigenvalue weighted by Gasteiger charge is -2.26. The largest absolute Gasteiger partial charge is 0.383 e. The molecular formula is C12H20N2O5S2. The monoisotopic (exact) mass is 336 g/mol. The van der Waals surface area contributed by atoms with Gasteiger partial charge >= 0.3 is 0 Å². The molecule has 0 spiro atoms. The molecule has 21 heavy (non-hydrogen) atoms. The van der Waals surface area contributed by atoms with Crippen molar-refractivity contribution in [2.45, 2.75) is 29.7 Å². The number of nitrogens with zero attached hydrogens (tertiary/aromatic N) is 1. The highest BCUT2D eigenvalue weighted by Crippen LogP contribution is 2.24. The van der Waals surface area contributed by atoms with Crippen LogP contribution in [-0.4, -0.2) is 47.4 Å². The van der Waals surface area contributed by atoms with Crippen LogP contribution in [0.2, 0.25) is 0 Å². The van der Waals surface area contributed by atoms with Crippen LogP contribution < -0.4 is 5.14 Å². The summed E-state index contributed by atoms with van der Waals surface area (Å²) in [6.45, 7) is 3.73. The molecule has 0 aliphatic carbocycles. The van der Waals surface area contributed by atoms with Gasteiger partial charge in [0.1, 0.15) is 9.79 Å². The predicted molar refractivity (Wildman–Crippen MR) is 78.7 cm³/mol. The van der Waals surface area contributed by atoms with Crippen LogP contribution in [0.1, 0.15) is 13.8 Å². The number of hydrogen-bond acceptors (Lipinski definition) is 5. The number of hydrogen-bond donors (Lipinski definition) is 1. The summed E-state index contributed by atoms with van der Waals surface area (Å²) in [7, 11) is -6.66. The van der Waals surface area contributed by atoms with E-state index in [4.69, 9.17) is 9.88 Å².